The van der Waals surface area contributed by atoms with Gasteiger partial charge in [-0.25, -0.2) is 13.8 Å². The van der Waals surface area contributed by atoms with Gasteiger partial charge in [0.1, 0.15) is 17.4 Å². The molecule has 0 saturated heterocycles. The van der Waals surface area contributed by atoms with Gasteiger partial charge in [0.05, 0.1) is 11.6 Å². The highest BCUT2D eigenvalue weighted by molar-refractivity contribution is 5.34. The summed E-state index contributed by atoms with van der Waals surface area (Å²) >= 11 is 0. The summed E-state index contributed by atoms with van der Waals surface area (Å²) in [7, 11) is 0. The van der Waals surface area contributed by atoms with Gasteiger partial charge >= 0.3 is 0 Å². The molecule has 2 aromatic rings. The van der Waals surface area contributed by atoms with Crippen LogP contribution in [0.3, 0.4) is 0 Å². The van der Waals surface area contributed by atoms with E-state index in [9.17, 15) is 8.78 Å². The van der Waals surface area contributed by atoms with Crippen LogP contribution in [0.25, 0.3) is 0 Å². The fourth-order valence-corrected chi connectivity index (χ4v) is 1.24. The average molecular weight is 232 g/mol. The van der Waals surface area contributed by atoms with E-state index in [2.05, 4.69) is 4.98 Å². The predicted octanol–water partition coefficient (Wildman–Crippen LogP) is 3.02. The molecule has 0 saturated carbocycles. The number of nitrogens with zero attached hydrogens (tertiary/aromatic N) is 2. The number of rotatable bonds is 2. The van der Waals surface area contributed by atoms with Gasteiger partial charge in [-0.2, -0.15) is 5.26 Å². The summed E-state index contributed by atoms with van der Waals surface area (Å²) < 4.78 is 30.9. The second-order valence-corrected chi connectivity index (χ2v) is 3.20. The average Bonchev–Trinajstić information content (AvgIpc) is 2.28. The Bertz CT molecular complexity index is 573. The molecule has 0 spiro atoms. The van der Waals surface area contributed by atoms with Crippen LogP contribution in [0.1, 0.15) is 5.56 Å². The molecule has 84 valence electrons. The zero-order chi connectivity index (χ0) is 12.3. The number of aromatic nitrogens is 1. The standard InChI is InChI=1S/C12H6F2N2O/c13-9-4-10(14)6-11(5-9)17-12-3-8(7-15)1-2-16-12/h1-6H. The first-order valence-corrected chi connectivity index (χ1v) is 4.67. The molecule has 0 aliphatic carbocycles. The van der Waals surface area contributed by atoms with Gasteiger partial charge in [0.25, 0.3) is 0 Å². The molecule has 0 amide bonds. The van der Waals surface area contributed by atoms with Crippen LogP contribution < -0.4 is 4.74 Å². The first-order chi connectivity index (χ1) is 8.17. The summed E-state index contributed by atoms with van der Waals surface area (Å²) in [6.45, 7) is 0. The number of pyridine rings is 1. The molecule has 1 aromatic carbocycles. The van der Waals surface area contributed by atoms with Crippen molar-refractivity contribution in [1.82, 2.24) is 4.98 Å². The Labute approximate surface area is 95.9 Å². The quantitative estimate of drug-likeness (QED) is 0.799. The number of halogens is 2. The van der Waals surface area contributed by atoms with E-state index < -0.39 is 11.6 Å². The molecule has 0 aliphatic heterocycles. The largest absolute Gasteiger partial charge is 0.439 e. The molecule has 0 fully saturated rings. The number of benzene rings is 1. The van der Waals surface area contributed by atoms with Gasteiger partial charge in [0.15, 0.2) is 0 Å². The molecule has 0 atom stereocenters. The van der Waals surface area contributed by atoms with Crippen LogP contribution in [0.2, 0.25) is 0 Å². The second kappa shape index (κ2) is 4.58. The fraction of sp³-hybridized carbons (Fsp3) is 0. The zero-order valence-electron chi connectivity index (χ0n) is 8.52. The van der Waals surface area contributed by atoms with E-state index in [0.717, 1.165) is 18.2 Å². The van der Waals surface area contributed by atoms with Crippen LogP contribution in [-0.2, 0) is 0 Å². The Morgan fingerprint density at radius 1 is 1.12 bits per heavy atom. The zero-order valence-corrected chi connectivity index (χ0v) is 8.52. The van der Waals surface area contributed by atoms with Crippen LogP contribution in [0, 0.1) is 23.0 Å². The first-order valence-electron chi connectivity index (χ1n) is 4.67. The molecule has 3 nitrogen and oxygen atoms in total. The molecule has 2 rings (SSSR count). The van der Waals surface area contributed by atoms with Gasteiger partial charge in [-0.1, -0.05) is 0 Å². The van der Waals surface area contributed by atoms with E-state index in [1.165, 1.54) is 18.3 Å². The Morgan fingerprint density at radius 3 is 2.47 bits per heavy atom. The minimum Gasteiger partial charge on any atom is -0.439 e. The highest BCUT2D eigenvalue weighted by atomic mass is 19.1. The SMILES string of the molecule is N#Cc1ccnc(Oc2cc(F)cc(F)c2)c1. The van der Waals surface area contributed by atoms with Crippen molar-refractivity contribution in [3.05, 3.63) is 53.7 Å². The number of hydrogen-bond acceptors (Lipinski definition) is 3. The molecule has 0 aliphatic rings. The minimum absolute atomic E-state index is 0.00918. The summed E-state index contributed by atoms with van der Waals surface area (Å²) in [5.41, 5.74) is 0.354. The topological polar surface area (TPSA) is 45.9 Å². The van der Waals surface area contributed by atoms with Crippen molar-refractivity contribution < 1.29 is 13.5 Å². The lowest BCUT2D eigenvalue weighted by Crippen LogP contribution is -1.90. The first kappa shape index (κ1) is 11.0. The maximum absolute atomic E-state index is 12.9. The Morgan fingerprint density at radius 2 is 1.82 bits per heavy atom. The normalized spacial score (nSPS) is 9.71. The fourth-order valence-electron chi connectivity index (χ4n) is 1.24. The minimum atomic E-state index is -0.739. The summed E-state index contributed by atoms with van der Waals surface area (Å²) in [6.07, 6.45) is 1.38. The van der Waals surface area contributed by atoms with Gasteiger partial charge in [-0.15, -0.1) is 0 Å². The molecule has 1 aromatic heterocycles. The Hall–Kier alpha value is -2.48. The van der Waals surface area contributed by atoms with Crippen molar-refractivity contribution in [2.45, 2.75) is 0 Å². The van der Waals surface area contributed by atoms with Crippen molar-refractivity contribution in [2.24, 2.45) is 0 Å². The van der Waals surface area contributed by atoms with Crippen LogP contribution >= 0.6 is 0 Å². The van der Waals surface area contributed by atoms with E-state index in [1.807, 2.05) is 6.07 Å². The maximum Gasteiger partial charge on any atom is 0.220 e. The van der Waals surface area contributed by atoms with E-state index in [1.54, 1.807) is 0 Å². The molecule has 0 N–H and O–H groups in total. The van der Waals surface area contributed by atoms with Gasteiger partial charge in [0.2, 0.25) is 5.88 Å². The van der Waals surface area contributed by atoms with Crippen molar-refractivity contribution in [1.29, 1.82) is 5.26 Å². The highest BCUT2D eigenvalue weighted by Gasteiger charge is 2.04. The van der Waals surface area contributed by atoms with Crippen molar-refractivity contribution in [2.75, 3.05) is 0 Å². The van der Waals surface area contributed by atoms with Gasteiger partial charge in [-0.3, -0.25) is 0 Å². The molecular formula is C12H6F2N2O. The Balaban J connectivity index is 2.28. The molecule has 5 heteroatoms. The van der Waals surface area contributed by atoms with Crippen LogP contribution in [0.5, 0.6) is 11.6 Å². The molecule has 0 radical (unpaired) electrons. The third-order valence-corrected chi connectivity index (χ3v) is 1.92. The third-order valence-electron chi connectivity index (χ3n) is 1.92. The smallest absolute Gasteiger partial charge is 0.220 e. The van der Waals surface area contributed by atoms with Crippen LogP contribution in [-0.4, -0.2) is 4.98 Å². The van der Waals surface area contributed by atoms with E-state index in [0.29, 0.717) is 5.56 Å². The Kier molecular flexibility index (Phi) is 2.97. The van der Waals surface area contributed by atoms with Crippen LogP contribution in [0.15, 0.2) is 36.5 Å². The van der Waals surface area contributed by atoms with Crippen molar-refractivity contribution in [3.8, 4) is 17.7 Å². The summed E-state index contributed by atoms with van der Waals surface area (Å²) in [5, 5.41) is 8.66. The highest BCUT2D eigenvalue weighted by Crippen LogP contribution is 2.21. The number of nitriles is 1. The second-order valence-electron chi connectivity index (χ2n) is 3.20. The predicted molar refractivity (Wildman–Crippen MR) is 55.4 cm³/mol. The van der Waals surface area contributed by atoms with E-state index in [4.69, 9.17) is 10.00 Å². The number of ether oxygens (including phenoxy) is 1. The lowest BCUT2D eigenvalue weighted by Gasteiger charge is -2.04. The molecule has 0 bridgehead atoms. The monoisotopic (exact) mass is 232 g/mol. The summed E-state index contributed by atoms with van der Waals surface area (Å²) in [4.78, 5) is 3.82. The third kappa shape index (κ3) is 2.75. The van der Waals surface area contributed by atoms with Crippen LogP contribution in [0.4, 0.5) is 8.78 Å². The number of hydrogen-bond donors (Lipinski definition) is 0. The van der Waals surface area contributed by atoms with Gasteiger partial charge in [0, 0.05) is 30.5 Å². The lowest BCUT2D eigenvalue weighted by molar-refractivity contribution is 0.451. The van der Waals surface area contributed by atoms with Crippen molar-refractivity contribution >= 4 is 0 Å². The molecule has 17 heavy (non-hydrogen) atoms. The lowest BCUT2D eigenvalue weighted by atomic mass is 10.3. The van der Waals surface area contributed by atoms with E-state index >= 15 is 0 Å². The van der Waals surface area contributed by atoms with Gasteiger partial charge < -0.3 is 4.74 Å². The molecular weight excluding hydrogens is 226 g/mol. The summed E-state index contributed by atoms with van der Waals surface area (Å²) in [5.74, 6) is -1.38. The summed E-state index contributed by atoms with van der Waals surface area (Å²) in [6, 6.07) is 7.59. The van der Waals surface area contributed by atoms with E-state index in [-0.39, 0.29) is 11.6 Å². The maximum atomic E-state index is 12.9. The molecule has 1 heterocycles. The van der Waals surface area contributed by atoms with Gasteiger partial charge in [-0.05, 0) is 6.07 Å². The van der Waals surface area contributed by atoms with Crippen molar-refractivity contribution in [3.63, 3.8) is 0 Å². The molecule has 0 unspecified atom stereocenters.